The molecular formula is C29H54O3. The molecule has 0 heterocycles. The van der Waals surface area contributed by atoms with E-state index in [1.165, 1.54) is 38.5 Å². The third-order valence-electron chi connectivity index (χ3n) is 5.89. The van der Waals surface area contributed by atoms with Crippen molar-refractivity contribution in [3.05, 3.63) is 24.3 Å². The zero-order chi connectivity index (χ0) is 24.4. The van der Waals surface area contributed by atoms with Crippen molar-refractivity contribution < 1.29 is 14.3 Å². The molecule has 3 nitrogen and oxygen atoms in total. The molecule has 32 heavy (non-hydrogen) atoms. The molecule has 0 spiro atoms. The lowest BCUT2D eigenvalue weighted by molar-refractivity contribution is 0.0446. The minimum atomic E-state index is -0.561. The summed E-state index contributed by atoms with van der Waals surface area (Å²) >= 11 is 0. The summed E-state index contributed by atoms with van der Waals surface area (Å²) in [7, 11) is 0. The number of hydrogen-bond acceptors (Lipinski definition) is 3. The monoisotopic (exact) mass is 450 g/mol. The van der Waals surface area contributed by atoms with Gasteiger partial charge in [-0.2, -0.15) is 0 Å². The quantitative estimate of drug-likeness (QED) is 0.154. The SMILES string of the molecule is CC(C)CCC[C@@H](C)C/C=C/[C@@H](C)COC(=O)OC[C@H](C)/C=C/C[C@H](C)CCCC(C)C. The first kappa shape index (κ1) is 30.8. The van der Waals surface area contributed by atoms with Crippen LogP contribution in [0.15, 0.2) is 24.3 Å². The average Bonchev–Trinajstić information content (AvgIpc) is 2.70. The molecule has 0 saturated heterocycles. The fraction of sp³-hybridized carbons (Fsp3) is 0.828. The van der Waals surface area contributed by atoms with E-state index in [2.05, 4.69) is 79.7 Å². The van der Waals surface area contributed by atoms with Gasteiger partial charge in [-0.1, -0.05) is 118 Å². The molecule has 4 atom stereocenters. The minimum Gasteiger partial charge on any atom is -0.434 e. The van der Waals surface area contributed by atoms with E-state index in [9.17, 15) is 4.79 Å². The molecule has 0 aromatic rings. The van der Waals surface area contributed by atoms with Crippen molar-refractivity contribution in [3.8, 4) is 0 Å². The summed E-state index contributed by atoms with van der Waals surface area (Å²) in [4.78, 5) is 11.9. The average molecular weight is 451 g/mol. The summed E-state index contributed by atoms with van der Waals surface area (Å²) in [6.07, 6.45) is 18.2. The molecule has 0 saturated carbocycles. The van der Waals surface area contributed by atoms with Crippen molar-refractivity contribution in [2.75, 3.05) is 13.2 Å². The van der Waals surface area contributed by atoms with Crippen LogP contribution in [-0.4, -0.2) is 19.4 Å². The molecule has 0 aliphatic rings. The minimum absolute atomic E-state index is 0.208. The van der Waals surface area contributed by atoms with Crippen molar-refractivity contribution in [1.29, 1.82) is 0 Å². The maximum atomic E-state index is 11.9. The predicted molar refractivity (Wildman–Crippen MR) is 139 cm³/mol. The van der Waals surface area contributed by atoms with E-state index < -0.39 is 6.16 Å². The third-order valence-corrected chi connectivity index (χ3v) is 5.89. The van der Waals surface area contributed by atoms with Gasteiger partial charge in [-0.3, -0.25) is 0 Å². The molecule has 0 radical (unpaired) electrons. The topological polar surface area (TPSA) is 35.5 Å². The van der Waals surface area contributed by atoms with Gasteiger partial charge in [0.05, 0.1) is 0 Å². The second-order valence-corrected chi connectivity index (χ2v) is 11.0. The Bertz CT molecular complexity index is 463. The number of rotatable bonds is 18. The van der Waals surface area contributed by atoms with E-state index in [1.807, 2.05) is 0 Å². The van der Waals surface area contributed by atoms with E-state index in [1.54, 1.807) is 0 Å². The first-order valence-electron chi connectivity index (χ1n) is 13.2. The van der Waals surface area contributed by atoms with Gasteiger partial charge >= 0.3 is 6.16 Å². The van der Waals surface area contributed by atoms with E-state index in [0.717, 1.165) is 24.7 Å². The van der Waals surface area contributed by atoms with Crippen molar-refractivity contribution in [1.82, 2.24) is 0 Å². The highest BCUT2D eigenvalue weighted by Crippen LogP contribution is 2.17. The van der Waals surface area contributed by atoms with Gasteiger partial charge in [-0.15, -0.1) is 0 Å². The Labute approximate surface area is 200 Å². The van der Waals surface area contributed by atoms with Crippen LogP contribution in [0, 0.1) is 35.5 Å². The molecule has 0 aromatic heterocycles. The second-order valence-electron chi connectivity index (χ2n) is 11.0. The van der Waals surface area contributed by atoms with Gasteiger partial charge in [-0.05, 0) is 36.5 Å². The number of ether oxygens (including phenoxy) is 2. The van der Waals surface area contributed by atoms with Crippen LogP contribution in [0.25, 0.3) is 0 Å². The van der Waals surface area contributed by atoms with E-state index >= 15 is 0 Å². The molecule has 3 heteroatoms. The Kier molecular flexibility index (Phi) is 18.5. The number of allylic oxidation sites excluding steroid dienone is 2. The normalized spacial score (nSPS) is 16.1. The first-order valence-corrected chi connectivity index (χ1v) is 13.2. The van der Waals surface area contributed by atoms with Gasteiger partial charge in [0, 0.05) is 11.8 Å². The molecule has 0 aliphatic heterocycles. The molecule has 0 fully saturated rings. The van der Waals surface area contributed by atoms with Crippen molar-refractivity contribution in [2.24, 2.45) is 35.5 Å². The maximum Gasteiger partial charge on any atom is 0.508 e. The number of hydrogen-bond donors (Lipinski definition) is 0. The second kappa shape index (κ2) is 19.2. The zero-order valence-electron chi connectivity index (χ0n) is 22.6. The van der Waals surface area contributed by atoms with Gasteiger partial charge in [0.15, 0.2) is 0 Å². The van der Waals surface area contributed by atoms with E-state index in [0.29, 0.717) is 25.0 Å². The van der Waals surface area contributed by atoms with Gasteiger partial charge in [0.1, 0.15) is 13.2 Å². The molecule has 0 amide bonds. The summed E-state index contributed by atoms with van der Waals surface area (Å²) in [5, 5.41) is 0. The van der Waals surface area contributed by atoms with Gasteiger partial charge in [-0.25, -0.2) is 4.79 Å². The molecule has 188 valence electrons. The first-order chi connectivity index (χ1) is 15.1. The van der Waals surface area contributed by atoms with Crippen LogP contribution in [0.5, 0.6) is 0 Å². The molecule has 0 aliphatic carbocycles. The lowest BCUT2D eigenvalue weighted by Gasteiger charge is -2.12. The molecule has 0 bridgehead atoms. The lowest BCUT2D eigenvalue weighted by Crippen LogP contribution is -2.15. The van der Waals surface area contributed by atoms with Crippen LogP contribution >= 0.6 is 0 Å². The Hall–Kier alpha value is -1.25. The Morgan fingerprint density at radius 3 is 1.34 bits per heavy atom. The molecule has 0 unspecified atom stereocenters. The van der Waals surface area contributed by atoms with Crippen LogP contribution in [0.4, 0.5) is 4.79 Å². The van der Waals surface area contributed by atoms with Crippen LogP contribution in [0.3, 0.4) is 0 Å². The van der Waals surface area contributed by atoms with Crippen LogP contribution < -0.4 is 0 Å². The van der Waals surface area contributed by atoms with Gasteiger partial charge in [0.2, 0.25) is 0 Å². The predicted octanol–water partition coefficient (Wildman–Crippen LogP) is 9.23. The Balaban J connectivity index is 3.89. The summed E-state index contributed by atoms with van der Waals surface area (Å²) in [5.41, 5.74) is 0. The van der Waals surface area contributed by atoms with Gasteiger partial charge in [0.25, 0.3) is 0 Å². The van der Waals surface area contributed by atoms with E-state index in [-0.39, 0.29) is 11.8 Å². The molecule has 0 aromatic carbocycles. The summed E-state index contributed by atoms with van der Waals surface area (Å²) in [5.74, 6) is 3.42. The zero-order valence-corrected chi connectivity index (χ0v) is 22.6. The van der Waals surface area contributed by atoms with E-state index in [4.69, 9.17) is 9.47 Å². The van der Waals surface area contributed by atoms with Gasteiger partial charge < -0.3 is 9.47 Å². The standard InChI is InChI=1S/C29H54O3/c1-23(2)13-9-15-25(5)17-11-19-27(7)21-31-29(30)32-22-28(8)20-12-18-26(6)16-10-14-24(3)4/h11-12,19-20,23-28H,9-10,13-18,21-22H2,1-8H3/b19-11+,20-12+/t25-,26-,27-,28-/m1/s1. The smallest absolute Gasteiger partial charge is 0.434 e. The van der Waals surface area contributed by atoms with Crippen LogP contribution in [-0.2, 0) is 9.47 Å². The fourth-order valence-electron chi connectivity index (χ4n) is 3.62. The van der Waals surface area contributed by atoms with Crippen molar-refractivity contribution in [2.45, 2.75) is 107 Å². The number of carbonyl (C=O) groups is 1. The maximum absolute atomic E-state index is 11.9. The highest BCUT2D eigenvalue weighted by molar-refractivity contribution is 5.59. The van der Waals surface area contributed by atoms with Crippen LogP contribution in [0.2, 0.25) is 0 Å². The molecular weight excluding hydrogens is 396 g/mol. The van der Waals surface area contributed by atoms with Crippen molar-refractivity contribution >= 4 is 6.16 Å². The summed E-state index contributed by atoms with van der Waals surface area (Å²) < 4.78 is 10.5. The number of carbonyl (C=O) groups excluding carboxylic acids is 1. The highest BCUT2D eigenvalue weighted by Gasteiger charge is 2.09. The fourth-order valence-corrected chi connectivity index (χ4v) is 3.62. The highest BCUT2D eigenvalue weighted by atomic mass is 16.7. The molecule has 0 rings (SSSR count). The largest absolute Gasteiger partial charge is 0.508 e. The Morgan fingerprint density at radius 1 is 0.625 bits per heavy atom. The molecule has 0 N–H and O–H groups in total. The summed E-state index contributed by atoms with van der Waals surface area (Å²) in [6.45, 7) is 18.6. The lowest BCUT2D eigenvalue weighted by atomic mass is 9.97. The van der Waals surface area contributed by atoms with Crippen molar-refractivity contribution in [3.63, 3.8) is 0 Å². The van der Waals surface area contributed by atoms with Crippen LogP contribution in [0.1, 0.15) is 107 Å². The Morgan fingerprint density at radius 2 is 1.00 bits per heavy atom. The summed E-state index contributed by atoms with van der Waals surface area (Å²) in [6, 6.07) is 0. The third kappa shape index (κ3) is 20.6.